The molecule has 1 spiro atoms. The van der Waals surface area contributed by atoms with Crippen LogP contribution in [-0.2, 0) is 59.7 Å². The third kappa shape index (κ3) is 4.64. The summed E-state index contributed by atoms with van der Waals surface area (Å²) in [6, 6.07) is 15.1. The van der Waals surface area contributed by atoms with Gasteiger partial charge in [-0.3, -0.25) is 19.3 Å². The second-order valence-electron chi connectivity index (χ2n) is 8.68. The van der Waals surface area contributed by atoms with Crippen LogP contribution in [0.2, 0.25) is 0 Å². The molecule has 0 bridgehead atoms. The van der Waals surface area contributed by atoms with Crippen LogP contribution < -0.4 is 10.6 Å². The highest BCUT2D eigenvalue weighted by atomic mass is 16.5. The van der Waals surface area contributed by atoms with Gasteiger partial charge in [0.1, 0.15) is 41.9 Å². The number of esters is 4. The Labute approximate surface area is 228 Å². The van der Waals surface area contributed by atoms with Crippen molar-refractivity contribution >= 4 is 35.5 Å². The van der Waals surface area contributed by atoms with Crippen molar-refractivity contribution in [3.8, 4) is 0 Å². The minimum Gasteiger partial charge on any atom is -0.469 e. The molecule has 2 aromatic carbocycles. The molecule has 12 heteroatoms. The average Bonchev–Trinajstić information content (AvgIpc) is 3.19. The van der Waals surface area contributed by atoms with Crippen molar-refractivity contribution in [3.05, 3.63) is 88.5 Å². The zero-order valence-corrected chi connectivity index (χ0v) is 21.9. The summed E-state index contributed by atoms with van der Waals surface area (Å²) in [7, 11) is 3.24. The molecular formula is C28H26N2O10. The fraction of sp³-hybridized carbons (Fsp3) is 0.250. The summed E-state index contributed by atoms with van der Waals surface area (Å²) in [6.07, 6.45) is -0.619. The zero-order chi connectivity index (χ0) is 29.0. The molecular weight excluding hydrogens is 524 g/mol. The SMILES string of the molecule is COC(=O)CC1=C(C(=O)OC)[C@]2(C(=O)N(CC(=O)OCc3ccccc3)c3ccccc32)C(C(=O)OC)=C(N)O1. The molecule has 2 aromatic rings. The molecule has 0 fully saturated rings. The van der Waals surface area contributed by atoms with Gasteiger partial charge >= 0.3 is 23.9 Å². The molecule has 0 aromatic heterocycles. The number of carbonyl (C=O) groups excluding carboxylic acids is 5. The molecule has 2 aliphatic heterocycles. The summed E-state index contributed by atoms with van der Waals surface area (Å²) < 4.78 is 25.6. The second-order valence-corrected chi connectivity index (χ2v) is 8.68. The number of rotatable bonds is 8. The van der Waals surface area contributed by atoms with Crippen molar-refractivity contribution in [1.29, 1.82) is 0 Å². The molecule has 0 radical (unpaired) electrons. The summed E-state index contributed by atoms with van der Waals surface area (Å²) in [4.78, 5) is 67.2. The van der Waals surface area contributed by atoms with E-state index in [1.807, 2.05) is 6.07 Å². The lowest BCUT2D eigenvalue weighted by molar-refractivity contribution is -0.144. The molecule has 1 amide bonds. The molecule has 208 valence electrons. The molecule has 0 aliphatic carbocycles. The third-order valence-electron chi connectivity index (χ3n) is 6.51. The van der Waals surface area contributed by atoms with Gasteiger partial charge < -0.3 is 29.4 Å². The van der Waals surface area contributed by atoms with Gasteiger partial charge in [0.05, 0.1) is 21.3 Å². The minimum atomic E-state index is -2.28. The van der Waals surface area contributed by atoms with Gasteiger partial charge in [0.15, 0.2) is 0 Å². The third-order valence-corrected chi connectivity index (χ3v) is 6.51. The Kier molecular flexibility index (Phi) is 7.89. The quantitative estimate of drug-likeness (QED) is 0.373. The Hall–Kier alpha value is -5.13. The maximum Gasteiger partial charge on any atom is 0.340 e. The van der Waals surface area contributed by atoms with Crippen LogP contribution in [0.3, 0.4) is 0 Å². The highest BCUT2D eigenvalue weighted by Crippen LogP contribution is 2.54. The van der Waals surface area contributed by atoms with E-state index in [1.54, 1.807) is 36.4 Å². The van der Waals surface area contributed by atoms with Gasteiger partial charge in [0.2, 0.25) is 11.8 Å². The number of benzene rings is 2. The van der Waals surface area contributed by atoms with Crippen LogP contribution in [0.25, 0.3) is 0 Å². The second kappa shape index (κ2) is 11.3. The van der Waals surface area contributed by atoms with Crippen molar-refractivity contribution in [3.63, 3.8) is 0 Å². The Bertz CT molecular complexity index is 1450. The smallest absolute Gasteiger partial charge is 0.340 e. The summed E-state index contributed by atoms with van der Waals surface area (Å²) in [5.74, 6) is -5.57. The number of nitrogens with two attached hydrogens (primary N) is 1. The zero-order valence-electron chi connectivity index (χ0n) is 21.9. The number of hydrogen-bond donors (Lipinski definition) is 1. The molecule has 0 unspecified atom stereocenters. The molecule has 1 atom stereocenters. The summed E-state index contributed by atoms with van der Waals surface area (Å²) in [5, 5.41) is 0. The maximum absolute atomic E-state index is 14.5. The molecule has 2 N–H and O–H groups in total. The predicted octanol–water partition coefficient (Wildman–Crippen LogP) is 1.38. The van der Waals surface area contributed by atoms with E-state index in [9.17, 15) is 24.0 Å². The predicted molar refractivity (Wildman–Crippen MR) is 137 cm³/mol. The van der Waals surface area contributed by atoms with Gasteiger partial charge in [-0.2, -0.15) is 0 Å². The lowest BCUT2D eigenvalue weighted by atomic mass is 9.67. The van der Waals surface area contributed by atoms with Crippen molar-refractivity contribution in [2.24, 2.45) is 5.73 Å². The first kappa shape index (κ1) is 27.9. The standard InChI is InChI=1S/C28H26N2O10/c1-36-20(31)13-19-22(25(33)37-2)28(23(24(29)40-19)26(34)38-3)17-11-7-8-12-18(17)30(27(28)35)14-21(32)39-15-16-9-5-4-6-10-16/h4-12H,13-15,29H2,1-3H3/t28-/m0/s1. The van der Waals surface area contributed by atoms with Gasteiger partial charge in [-0.15, -0.1) is 0 Å². The van der Waals surface area contributed by atoms with Crippen LogP contribution in [0.5, 0.6) is 0 Å². The summed E-state index contributed by atoms with van der Waals surface area (Å²) in [5.41, 5.74) is 3.93. The van der Waals surface area contributed by atoms with Gasteiger partial charge in [-0.05, 0) is 11.6 Å². The topological polar surface area (TPSA) is 161 Å². The first-order valence-corrected chi connectivity index (χ1v) is 12.0. The number of para-hydroxylation sites is 1. The number of anilines is 1. The monoisotopic (exact) mass is 550 g/mol. The molecule has 2 heterocycles. The van der Waals surface area contributed by atoms with Crippen LogP contribution in [0.15, 0.2) is 77.4 Å². The number of carbonyl (C=O) groups is 5. The van der Waals surface area contributed by atoms with Crippen molar-refractivity contribution < 1.29 is 47.7 Å². The van der Waals surface area contributed by atoms with Gasteiger partial charge in [0, 0.05) is 11.3 Å². The van der Waals surface area contributed by atoms with Crippen molar-refractivity contribution in [2.75, 3.05) is 32.8 Å². The largest absolute Gasteiger partial charge is 0.469 e. The van der Waals surface area contributed by atoms with Gasteiger partial charge in [-0.25, -0.2) is 9.59 Å². The number of methoxy groups -OCH3 is 3. The van der Waals surface area contributed by atoms with E-state index in [1.165, 1.54) is 12.1 Å². The average molecular weight is 551 g/mol. The molecule has 0 saturated carbocycles. The minimum absolute atomic E-state index is 0.0425. The number of nitrogens with zero attached hydrogens (tertiary/aromatic N) is 1. The van der Waals surface area contributed by atoms with E-state index in [4.69, 9.17) is 29.4 Å². The lowest BCUT2D eigenvalue weighted by Crippen LogP contribution is -2.51. The normalized spacial score (nSPS) is 17.8. The lowest BCUT2D eigenvalue weighted by Gasteiger charge is -2.36. The van der Waals surface area contributed by atoms with Crippen LogP contribution in [0, 0.1) is 0 Å². The fourth-order valence-corrected chi connectivity index (χ4v) is 4.81. The fourth-order valence-electron chi connectivity index (χ4n) is 4.81. The van der Waals surface area contributed by atoms with E-state index in [2.05, 4.69) is 0 Å². The summed E-state index contributed by atoms with van der Waals surface area (Å²) in [6.45, 7) is -0.611. The molecule has 4 rings (SSSR count). The molecule has 0 saturated heterocycles. The van der Waals surface area contributed by atoms with Crippen LogP contribution in [0.1, 0.15) is 17.5 Å². The highest BCUT2D eigenvalue weighted by molar-refractivity contribution is 6.23. The maximum atomic E-state index is 14.5. The molecule has 2 aliphatic rings. The first-order valence-electron chi connectivity index (χ1n) is 12.0. The van der Waals surface area contributed by atoms with Crippen LogP contribution >= 0.6 is 0 Å². The van der Waals surface area contributed by atoms with Crippen molar-refractivity contribution in [1.82, 2.24) is 0 Å². The Morgan fingerprint density at radius 1 is 0.850 bits per heavy atom. The molecule has 12 nitrogen and oxygen atoms in total. The van der Waals surface area contributed by atoms with E-state index in [-0.39, 0.29) is 23.6 Å². The van der Waals surface area contributed by atoms with Gasteiger partial charge in [0.25, 0.3) is 0 Å². The number of amides is 1. The van der Waals surface area contributed by atoms with Crippen LogP contribution in [0.4, 0.5) is 5.69 Å². The van der Waals surface area contributed by atoms with Gasteiger partial charge in [-0.1, -0.05) is 48.5 Å². The van der Waals surface area contributed by atoms with E-state index < -0.39 is 65.2 Å². The van der Waals surface area contributed by atoms with Crippen LogP contribution in [-0.4, -0.2) is 57.7 Å². The number of fused-ring (bicyclic) bond motifs is 2. The Morgan fingerprint density at radius 2 is 1.48 bits per heavy atom. The Balaban J connectivity index is 1.88. The summed E-state index contributed by atoms with van der Waals surface area (Å²) >= 11 is 0. The first-order chi connectivity index (χ1) is 19.2. The van der Waals surface area contributed by atoms with E-state index in [0.717, 1.165) is 31.8 Å². The van der Waals surface area contributed by atoms with Crippen molar-refractivity contribution in [2.45, 2.75) is 18.4 Å². The molecule has 40 heavy (non-hydrogen) atoms. The number of hydrogen-bond acceptors (Lipinski definition) is 11. The Morgan fingerprint density at radius 3 is 2.12 bits per heavy atom. The van der Waals surface area contributed by atoms with E-state index in [0.29, 0.717) is 0 Å². The van der Waals surface area contributed by atoms with E-state index >= 15 is 0 Å². The number of ether oxygens (including phenoxy) is 5. The highest BCUT2D eigenvalue weighted by Gasteiger charge is 2.64.